The van der Waals surface area contributed by atoms with Gasteiger partial charge in [-0.15, -0.1) is 0 Å². The van der Waals surface area contributed by atoms with Crippen molar-refractivity contribution < 1.29 is 31.1 Å². The Morgan fingerprint density at radius 2 is 1.86 bits per heavy atom. The van der Waals surface area contributed by atoms with E-state index in [0.29, 0.717) is 12.8 Å². The number of halogens is 3. The second kappa shape index (κ2) is 8.45. The SMILES string of the molecule is COC(=O)C=Cc1ccc2c(c1)C[C@H]1CC[C@@H](C2)[C@H]1NS(=O)(=O)NCC(F)(F)F. The normalized spacial score (nSPS) is 24.3. The molecule has 2 aliphatic rings. The molecule has 0 unspecified atom stereocenters. The number of ether oxygens (including phenoxy) is 1. The Morgan fingerprint density at radius 3 is 2.48 bits per heavy atom. The maximum absolute atomic E-state index is 12.4. The predicted octanol–water partition coefficient (Wildman–Crippen LogP) is 2.35. The Kier molecular flexibility index (Phi) is 6.35. The van der Waals surface area contributed by atoms with Crippen LogP contribution in [0.2, 0.25) is 0 Å². The van der Waals surface area contributed by atoms with Crippen LogP contribution in [-0.4, -0.2) is 40.3 Å². The molecule has 0 saturated heterocycles. The first-order chi connectivity index (χ1) is 13.6. The van der Waals surface area contributed by atoms with Gasteiger partial charge in [-0.2, -0.15) is 31.0 Å². The zero-order valence-corrected chi connectivity index (χ0v) is 16.6. The molecule has 3 rings (SSSR count). The molecule has 1 aromatic carbocycles. The molecule has 1 aromatic rings. The second-order valence-electron chi connectivity index (χ2n) is 7.47. The molecule has 0 spiro atoms. The molecule has 3 atom stereocenters. The van der Waals surface area contributed by atoms with Crippen molar-refractivity contribution in [1.29, 1.82) is 0 Å². The van der Waals surface area contributed by atoms with Gasteiger partial charge < -0.3 is 4.74 Å². The van der Waals surface area contributed by atoms with Crippen LogP contribution in [0.3, 0.4) is 0 Å². The largest absolute Gasteiger partial charge is 0.466 e. The summed E-state index contributed by atoms with van der Waals surface area (Å²) < 4.78 is 69.9. The Labute approximate surface area is 167 Å². The molecule has 0 amide bonds. The number of alkyl halides is 3. The van der Waals surface area contributed by atoms with Crippen LogP contribution in [0.15, 0.2) is 24.3 Å². The summed E-state index contributed by atoms with van der Waals surface area (Å²) in [4.78, 5) is 11.3. The lowest BCUT2D eigenvalue weighted by Crippen LogP contribution is -2.49. The maximum atomic E-state index is 12.4. The van der Waals surface area contributed by atoms with E-state index in [2.05, 4.69) is 9.46 Å². The Bertz CT molecular complexity index is 899. The number of hydrogen-bond acceptors (Lipinski definition) is 4. The van der Waals surface area contributed by atoms with E-state index in [0.717, 1.165) is 29.5 Å². The van der Waals surface area contributed by atoms with Crippen LogP contribution in [0.4, 0.5) is 13.2 Å². The lowest BCUT2D eigenvalue weighted by Gasteiger charge is -2.23. The number of carbonyl (C=O) groups is 1. The molecule has 0 radical (unpaired) electrons. The monoisotopic (exact) mass is 432 g/mol. The fourth-order valence-electron chi connectivity index (χ4n) is 4.16. The summed E-state index contributed by atoms with van der Waals surface area (Å²) >= 11 is 0. The van der Waals surface area contributed by atoms with Gasteiger partial charge in [0.2, 0.25) is 0 Å². The highest BCUT2D eigenvalue weighted by Gasteiger charge is 2.41. The molecule has 0 aliphatic heterocycles. The van der Waals surface area contributed by atoms with Gasteiger partial charge in [-0.3, -0.25) is 0 Å². The average Bonchev–Trinajstić information content (AvgIpc) is 2.91. The van der Waals surface area contributed by atoms with Gasteiger partial charge in [-0.1, -0.05) is 18.2 Å². The number of esters is 1. The van der Waals surface area contributed by atoms with E-state index in [9.17, 15) is 26.4 Å². The number of rotatable bonds is 6. The summed E-state index contributed by atoms with van der Waals surface area (Å²) in [7, 11) is -2.96. The van der Waals surface area contributed by atoms with Crippen molar-refractivity contribution in [2.24, 2.45) is 11.8 Å². The van der Waals surface area contributed by atoms with E-state index in [1.54, 1.807) is 10.8 Å². The number of fused-ring (bicyclic) bond motifs is 3. The molecule has 0 aromatic heterocycles. The van der Waals surface area contributed by atoms with Crippen LogP contribution in [0, 0.1) is 11.8 Å². The van der Waals surface area contributed by atoms with Gasteiger partial charge in [0.05, 0.1) is 7.11 Å². The van der Waals surface area contributed by atoms with Gasteiger partial charge >= 0.3 is 12.1 Å². The van der Waals surface area contributed by atoms with Crippen LogP contribution in [0.1, 0.15) is 29.5 Å². The lowest BCUT2D eigenvalue weighted by atomic mass is 9.92. The molecule has 6 nitrogen and oxygen atoms in total. The minimum Gasteiger partial charge on any atom is -0.466 e. The van der Waals surface area contributed by atoms with Crippen molar-refractivity contribution >= 4 is 22.3 Å². The van der Waals surface area contributed by atoms with E-state index < -0.39 is 34.9 Å². The number of nitrogens with one attached hydrogen (secondary N) is 2. The Morgan fingerprint density at radius 1 is 1.21 bits per heavy atom. The first-order valence-electron chi connectivity index (χ1n) is 9.28. The predicted molar refractivity (Wildman–Crippen MR) is 101 cm³/mol. The molecule has 10 heteroatoms. The lowest BCUT2D eigenvalue weighted by molar-refractivity contribution is -0.134. The van der Waals surface area contributed by atoms with Gasteiger partial charge in [0.25, 0.3) is 10.2 Å². The van der Waals surface area contributed by atoms with Crippen molar-refractivity contribution in [2.45, 2.75) is 37.9 Å². The summed E-state index contributed by atoms with van der Waals surface area (Å²) in [5.74, 6) is -0.427. The smallest absolute Gasteiger partial charge is 0.402 e. The topological polar surface area (TPSA) is 84.5 Å². The summed E-state index contributed by atoms with van der Waals surface area (Å²) in [5.41, 5.74) is 2.99. The van der Waals surface area contributed by atoms with Crippen molar-refractivity contribution in [3.63, 3.8) is 0 Å². The molecule has 29 heavy (non-hydrogen) atoms. The molecule has 160 valence electrons. The van der Waals surface area contributed by atoms with Crippen LogP contribution < -0.4 is 9.44 Å². The second-order valence-corrected chi connectivity index (χ2v) is 9.01. The molecule has 1 saturated carbocycles. The molecule has 2 aliphatic carbocycles. The van der Waals surface area contributed by atoms with Crippen molar-refractivity contribution in [1.82, 2.24) is 9.44 Å². The molecule has 0 heterocycles. The third kappa shape index (κ3) is 5.80. The van der Waals surface area contributed by atoms with E-state index in [4.69, 9.17) is 0 Å². The first-order valence-corrected chi connectivity index (χ1v) is 10.8. The van der Waals surface area contributed by atoms with Gasteiger partial charge in [0.1, 0.15) is 6.54 Å². The third-order valence-electron chi connectivity index (χ3n) is 5.49. The molecular weight excluding hydrogens is 409 g/mol. The number of methoxy groups -OCH3 is 1. The summed E-state index contributed by atoms with van der Waals surface area (Å²) in [5, 5.41) is 0. The summed E-state index contributed by atoms with van der Waals surface area (Å²) in [6, 6.07) is 5.38. The summed E-state index contributed by atoms with van der Waals surface area (Å²) in [6.45, 7) is -1.60. The number of hydrogen-bond donors (Lipinski definition) is 2. The zero-order valence-electron chi connectivity index (χ0n) is 15.8. The fourth-order valence-corrected chi connectivity index (χ4v) is 5.34. The van der Waals surface area contributed by atoms with E-state index in [1.807, 2.05) is 18.2 Å². The molecule has 2 N–H and O–H groups in total. The fraction of sp³-hybridized carbons (Fsp3) is 0.526. The Hall–Kier alpha value is -1.91. The van der Waals surface area contributed by atoms with Crippen LogP contribution in [0.25, 0.3) is 6.08 Å². The van der Waals surface area contributed by atoms with Crippen molar-refractivity contribution in [3.8, 4) is 0 Å². The number of carbonyl (C=O) groups excluding carboxylic acids is 1. The molecule has 1 fully saturated rings. The standard InChI is InChI=1S/C19H23F3N2O4S/c1-28-17(25)7-3-12-2-4-13-9-14-5-6-15(10-16(13)8-12)18(14)24-29(26,27)23-11-19(20,21)22/h2-4,7-8,14-15,18,23-24H,5-6,9-11H2,1H3/t14-,15+,18+/m0/s1. The van der Waals surface area contributed by atoms with Crippen LogP contribution in [-0.2, 0) is 32.6 Å². The minimum atomic E-state index is -4.61. The average molecular weight is 432 g/mol. The van der Waals surface area contributed by atoms with Crippen molar-refractivity contribution in [3.05, 3.63) is 41.0 Å². The zero-order chi connectivity index (χ0) is 21.2. The van der Waals surface area contributed by atoms with E-state index >= 15 is 0 Å². The maximum Gasteiger partial charge on any atom is 0.402 e. The van der Waals surface area contributed by atoms with Crippen LogP contribution in [0.5, 0.6) is 0 Å². The van der Waals surface area contributed by atoms with E-state index in [1.165, 1.54) is 13.2 Å². The highest BCUT2D eigenvalue weighted by atomic mass is 32.2. The number of benzene rings is 1. The Balaban J connectivity index is 1.74. The van der Waals surface area contributed by atoms with E-state index in [-0.39, 0.29) is 11.8 Å². The van der Waals surface area contributed by atoms with Gasteiger partial charge in [-0.05, 0) is 60.3 Å². The van der Waals surface area contributed by atoms with Gasteiger partial charge in [0.15, 0.2) is 0 Å². The molecule has 2 bridgehead atoms. The minimum absolute atomic E-state index is 0.00329. The third-order valence-corrected chi connectivity index (χ3v) is 6.59. The van der Waals surface area contributed by atoms with Gasteiger partial charge in [-0.25, -0.2) is 4.79 Å². The highest BCUT2D eigenvalue weighted by molar-refractivity contribution is 7.87. The van der Waals surface area contributed by atoms with Crippen molar-refractivity contribution in [2.75, 3.05) is 13.7 Å². The summed E-state index contributed by atoms with van der Waals surface area (Å²) in [6.07, 6.45) is 1.27. The first kappa shape index (κ1) is 21.8. The quantitative estimate of drug-likeness (QED) is 0.534. The van der Waals surface area contributed by atoms with Crippen LogP contribution >= 0.6 is 0 Å². The van der Waals surface area contributed by atoms with Gasteiger partial charge in [0, 0.05) is 12.1 Å². The molecular formula is C19H23F3N2O4S. The highest BCUT2D eigenvalue weighted by Crippen LogP contribution is 2.40.